The van der Waals surface area contributed by atoms with Crippen LogP contribution in [0, 0.1) is 0 Å². The zero-order valence-corrected chi connectivity index (χ0v) is 4.76. The van der Waals surface area contributed by atoms with Crippen LogP contribution in [0.15, 0.2) is 12.8 Å². The van der Waals surface area contributed by atoms with Crippen molar-refractivity contribution in [2.24, 2.45) is 0 Å². The molecule has 9 heavy (non-hydrogen) atoms. The van der Waals surface area contributed by atoms with Crippen molar-refractivity contribution in [3.05, 3.63) is 12.8 Å². The molecule has 1 amide bonds. The maximum atomic E-state index is 10.7. The number of carbonyl (C=O) groups excluding carboxylic acids is 1. The first kappa shape index (κ1) is 8.81. The molecule has 0 unspecified atom stereocenters. The van der Waals surface area contributed by atoms with Crippen LogP contribution in [-0.4, -0.2) is 36.2 Å². The number of hydrogen-bond acceptors (Lipinski definition) is 1. The molecule has 1 aliphatic rings. The topological polar surface area (TPSA) is 20.3 Å². The third kappa shape index (κ3) is 1.89. The molecule has 1 saturated heterocycles. The Kier molecular flexibility index (Phi) is 3.68. The van der Waals surface area contributed by atoms with E-state index in [1.54, 1.807) is 11.1 Å². The molecule has 46 valence electrons. The molecule has 0 N–H and O–H groups in total. The van der Waals surface area contributed by atoms with E-state index in [2.05, 4.69) is 6.58 Å². The molecule has 0 aromatic rings. The fraction of sp³-hybridized carbons (Fsp3) is 0.500. The summed E-state index contributed by atoms with van der Waals surface area (Å²) in [5.41, 5.74) is 0. The SMILES string of the molecule is C=CN1CCCC1=O.[LiH]. The number of rotatable bonds is 1. The van der Waals surface area contributed by atoms with Gasteiger partial charge in [0.25, 0.3) is 0 Å². The number of likely N-dealkylation sites (tertiary alicyclic amines) is 1. The van der Waals surface area contributed by atoms with Crippen molar-refractivity contribution in [1.82, 2.24) is 4.90 Å². The molecule has 1 aliphatic heterocycles. The third-order valence-corrected chi connectivity index (χ3v) is 1.33. The van der Waals surface area contributed by atoms with Crippen molar-refractivity contribution < 1.29 is 4.79 Å². The average molecular weight is 119 g/mol. The summed E-state index contributed by atoms with van der Waals surface area (Å²) in [6, 6.07) is 0. The Labute approximate surface area is 67.1 Å². The van der Waals surface area contributed by atoms with E-state index < -0.39 is 0 Å². The van der Waals surface area contributed by atoms with Crippen LogP contribution in [-0.2, 0) is 4.79 Å². The van der Waals surface area contributed by atoms with Crippen molar-refractivity contribution in [2.75, 3.05) is 6.54 Å². The predicted octanol–water partition coefficient (Wildman–Crippen LogP) is 0.104. The van der Waals surface area contributed by atoms with Gasteiger partial charge in [-0.3, -0.25) is 4.79 Å². The van der Waals surface area contributed by atoms with E-state index in [1.807, 2.05) is 0 Å². The van der Waals surface area contributed by atoms with E-state index in [0.717, 1.165) is 13.0 Å². The van der Waals surface area contributed by atoms with Gasteiger partial charge < -0.3 is 4.90 Å². The maximum absolute atomic E-state index is 10.7. The summed E-state index contributed by atoms with van der Waals surface area (Å²) in [6.07, 6.45) is 3.28. The first-order valence-electron chi connectivity index (χ1n) is 2.76. The van der Waals surface area contributed by atoms with Crippen molar-refractivity contribution in [1.29, 1.82) is 0 Å². The number of nitrogens with zero attached hydrogens (tertiary/aromatic N) is 1. The summed E-state index contributed by atoms with van der Waals surface area (Å²) in [6.45, 7) is 4.36. The molecular weight excluding hydrogens is 109 g/mol. The molecule has 0 aromatic heterocycles. The molecular formula is C6H10LiNO. The molecule has 1 heterocycles. The van der Waals surface area contributed by atoms with Gasteiger partial charge in [-0.25, -0.2) is 0 Å². The van der Waals surface area contributed by atoms with Gasteiger partial charge in [0.15, 0.2) is 0 Å². The molecule has 1 fully saturated rings. The van der Waals surface area contributed by atoms with Gasteiger partial charge in [0.2, 0.25) is 5.91 Å². The van der Waals surface area contributed by atoms with Crippen molar-refractivity contribution in [2.45, 2.75) is 12.8 Å². The zero-order valence-electron chi connectivity index (χ0n) is 4.76. The van der Waals surface area contributed by atoms with Crippen LogP contribution in [0.2, 0.25) is 0 Å². The minimum atomic E-state index is 0. The molecule has 0 radical (unpaired) electrons. The third-order valence-electron chi connectivity index (χ3n) is 1.33. The monoisotopic (exact) mass is 119 g/mol. The molecule has 0 atom stereocenters. The molecule has 0 aliphatic carbocycles. The van der Waals surface area contributed by atoms with Gasteiger partial charge in [0.1, 0.15) is 0 Å². The van der Waals surface area contributed by atoms with Crippen LogP contribution in [0.1, 0.15) is 12.8 Å². The van der Waals surface area contributed by atoms with Crippen LogP contribution in [0.25, 0.3) is 0 Å². The van der Waals surface area contributed by atoms with Gasteiger partial charge in [-0.15, -0.1) is 0 Å². The Morgan fingerprint density at radius 1 is 1.67 bits per heavy atom. The minimum absolute atomic E-state index is 0. The van der Waals surface area contributed by atoms with Crippen molar-refractivity contribution in [3.8, 4) is 0 Å². The fourth-order valence-corrected chi connectivity index (χ4v) is 0.862. The molecule has 2 nitrogen and oxygen atoms in total. The fourth-order valence-electron chi connectivity index (χ4n) is 0.862. The predicted molar refractivity (Wildman–Crippen MR) is 38.3 cm³/mol. The van der Waals surface area contributed by atoms with Gasteiger partial charge in [-0.05, 0) is 12.6 Å². The number of hydrogen-bond donors (Lipinski definition) is 0. The summed E-state index contributed by atoms with van der Waals surface area (Å²) in [5.74, 6) is 0.208. The Morgan fingerprint density at radius 2 is 2.33 bits per heavy atom. The van der Waals surface area contributed by atoms with E-state index in [4.69, 9.17) is 0 Å². The Morgan fingerprint density at radius 3 is 2.56 bits per heavy atom. The van der Waals surface area contributed by atoms with Gasteiger partial charge in [-0.2, -0.15) is 0 Å². The number of amides is 1. The van der Waals surface area contributed by atoms with Gasteiger partial charge in [0.05, 0.1) is 0 Å². The van der Waals surface area contributed by atoms with Crippen LogP contribution < -0.4 is 0 Å². The van der Waals surface area contributed by atoms with E-state index in [9.17, 15) is 4.79 Å². The molecule has 0 spiro atoms. The van der Waals surface area contributed by atoms with E-state index in [1.165, 1.54) is 0 Å². The van der Waals surface area contributed by atoms with Crippen molar-refractivity contribution in [3.63, 3.8) is 0 Å². The van der Waals surface area contributed by atoms with Crippen molar-refractivity contribution >= 4 is 24.8 Å². The second-order valence-corrected chi connectivity index (χ2v) is 1.87. The number of carbonyl (C=O) groups is 1. The Hall–Kier alpha value is -0.193. The van der Waals surface area contributed by atoms with Gasteiger partial charge in [0, 0.05) is 13.0 Å². The zero-order chi connectivity index (χ0) is 5.98. The van der Waals surface area contributed by atoms with E-state index >= 15 is 0 Å². The van der Waals surface area contributed by atoms with E-state index in [-0.39, 0.29) is 24.8 Å². The van der Waals surface area contributed by atoms with E-state index in [0.29, 0.717) is 6.42 Å². The Bertz CT molecular complexity index is 124. The quantitative estimate of drug-likeness (QED) is 0.448. The summed E-state index contributed by atoms with van der Waals surface area (Å²) >= 11 is 0. The first-order chi connectivity index (χ1) is 3.84. The van der Waals surface area contributed by atoms with Crippen LogP contribution in [0.4, 0.5) is 0 Å². The standard InChI is InChI=1S/C6H9NO.Li.H/c1-2-7-5-3-4-6(7)8;;/h2H,1,3-5H2;;. The molecule has 3 heteroatoms. The summed E-state index contributed by atoms with van der Waals surface area (Å²) < 4.78 is 0. The normalized spacial score (nSPS) is 17.3. The second kappa shape index (κ2) is 3.76. The van der Waals surface area contributed by atoms with Gasteiger partial charge in [-0.1, -0.05) is 6.58 Å². The van der Waals surface area contributed by atoms with Crippen LogP contribution >= 0.6 is 0 Å². The van der Waals surface area contributed by atoms with Crippen LogP contribution in [0.5, 0.6) is 0 Å². The van der Waals surface area contributed by atoms with Gasteiger partial charge >= 0.3 is 18.9 Å². The molecule has 0 bridgehead atoms. The first-order valence-corrected chi connectivity index (χ1v) is 2.76. The Balaban J connectivity index is 0.000000640. The summed E-state index contributed by atoms with van der Waals surface area (Å²) in [7, 11) is 0. The molecule has 1 rings (SSSR count). The van der Waals surface area contributed by atoms with Crippen LogP contribution in [0.3, 0.4) is 0 Å². The summed E-state index contributed by atoms with van der Waals surface area (Å²) in [4.78, 5) is 12.3. The molecule has 0 aromatic carbocycles. The second-order valence-electron chi connectivity index (χ2n) is 1.87. The summed E-state index contributed by atoms with van der Waals surface area (Å²) in [5, 5.41) is 0. The average Bonchev–Trinajstić information content (AvgIpc) is 2.14. The molecule has 0 saturated carbocycles.